The van der Waals surface area contributed by atoms with Crippen molar-refractivity contribution in [1.29, 1.82) is 0 Å². The molecule has 0 saturated carbocycles. The molecular weight excluding hydrogens is 214 g/mol. The van der Waals surface area contributed by atoms with Gasteiger partial charge < -0.3 is 15.2 Å². The molecule has 2 heterocycles. The number of hydrogen-bond acceptors (Lipinski definition) is 4. The van der Waals surface area contributed by atoms with E-state index in [0.717, 1.165) is 0 Å². The maximum absolute atomic E-state index is 10.8. The van der Waals surface area contributed by atoms with Gasteiger partial charge in [-0.05, 0) is 0 Å². The van der Waals surface area contributed by atoms with Crippen molar-refractivity contribution in [2.45, 2.75) is 19.5 Å². The molecule has 7 heteroatoms. The standard InChI is InChI=1S/C9H11N3O4/c1-5(13)10-6-3-12-8(16-4-6)2-7(11-12)9(14)15/h2,6H,3-4H2,1H3,(H,10,13)(H,14,15). The third kappa shape index (κ3) is 1.97. The van der Waals surface area contributed by atoms with Gasteiger partial charge in [0, 0.05) is 13.0 Å². The van der Waals surface area contributed by atoms with E-state index in [4.69, 9.17) is 9.84 Å². The minimum Gasteiger partial charge on any atom is -0.476 e. The molecule has 1 atom stereocenters. The van der Waals surface area contributed by atoms with E-state index < -0.39 is 5.97 Å². The first-order chi connectivity index (χ1) is 7.56. The van der Waals surface area contributed by atoms with Crippen LogP contribution in [-0.2, 0) is 11.3 Å². The summed E-state index contributed by atoms with van der Waals surface area (Å²) in [7, 11) is 0. The van der Waals surface area contributed by atoms with E-state index in [0.29, 0.717) is 19.0 Å². The summed E-state index contributed by atoms with van der Waals surface area (Å²) in [5.41, 5.74) is -0.0570. The topological polar surface area (TPSA) is 93.4 Å². The van der Waals surface area contributed by atoms with E-state index in [9.17, 15) is 9.59 Å². The molecular formula is C9H11N3O4. The summed E-state index contributed by atoms with van der Waals surface area (Å²) in [6.45, 7) is 2.16. The Morgan fingerprint density at radius 3 is 3.06 bits per heavy atom. The Kier molecular flexibility index (Phi) is 2.51. The molecule has 1 aliphatic rings. The first-order valence-electron chi connectivity index (χ1n) is 4.77. The lowest BCUT2D eigenvalue weighted by atomic mass is 10.3. The van der Waals surface area contributed by atoms with Gasteiger partial charge in [-0.15, -0.1) is 0 Å². The van der Waals surface area contributed by atoms with Crippen molar-refractivity contribution in [3.8, 4) is 5.88 Å². The Morgan fingerprint density at radius 1 is 1.69 bits per heavy atom. The number of rotatable bonds is 2. The van der Waals surface area contributed by atoms with Crippen molar-refractivity contribution in [3.05, 3.63) is 11.8 Å². The SMILES string of the molecule is CC(=O)NC1COc2cc(C(=O)O)nn2C1. The molecule has 0 radical (unpaired) electrons. The maximum atomic E-state index is 10.8. The van der Waals surface area contributed by atoms with Crippen LogP contribution in [0.15, 0.2) is 6.07 Å². The Bertz CT molecular complexity index is 440. The Morgan fingerprint density at radius 2 is 2.44 bits per heavy atom. The molecule has 1 unspecified atom stereocenters. The smallest absolute Gasteiger partial charge is 0.356 e. The number of nitrogens with zero attached hydrogens (tertiary/aromatic N) is 2. The zero-order chi connectivity index (χ0) is 11.7. The van der Waals surface area contributed by atoms with Gasteiger partial charge in [0.25, 0.3) is 0 Å². The Hall–Kier alpha value is -2.05. The van der Waals surface area contributed by atoms with Gasteiger partial charge in [0.15, 0.2) is 5.69 Å². The first-order valence-corrected chi connectivity index (χ1v) is 4.77. The van der Waals surface area contributed by atoms with Gasteiger partial charge in [0.1, 0.15) is 6.61 Å². The van der Waals surface area contributed by atoms with E-state index in [-0.39, 0.29) is 17.6 Å². The number of fused-ring (bicyclic) bond motifs is 1. The third-order valence-electron chi connectivity index (χ3n) is 2.20. The first kappa shape index (κ1) is 10.5. The molecule has 1 aliphatic heterocycles. The lowest BCUT2D eigenvalue weighted by Gasteiger charge is -2.24. The van der Waals surface area contributed by atoms with Crippen molar-refractivity contribution < 1.29 is 19.4 Å². The second-order valence-electron chi connectivity index (χ2n) is 3.56. The largest absolute Gasteiger partial charge is 0.476 e. The second-order valence-corrected chi connectivity index (χ2v) is 3.56. The highest BCUT2D eigenvalue weighted by Crippen LogP contribution is 2.18. The average molecular weight is 225 g/mol. The zero-order valence-corrected chi connectivity index (χ0v) is 8.64. The average Bonchev–Trinajstić information content (AvgIpc) is 2.59. The molecule has 1 aromatic heterocycles. The van der Waals surface area contributed by atoms with Crippen molar-refractivity contribution in [2.75, 3.05) is 6.61 Å². The molecule has 16 heavy (non-hydrogen) atoms. The summed E-state index contributed by atoms with van der Waals surface area (Å²) >= 11 is 0. The normalized spacial score (nSPS) is 18.4. The van der Waals surface area contributed by atoms with Crippen LogP contribution in [-0.4, -0.2) is 39.4 Å². The van der Waals surface area contributed by atoms with Gasteiger partial charge in [-0.1, -0.05) is 0 Å². The third-order valence-corrected chi connectivity index (χ3v) is 2.20. The quantitative estimate of drug-likeness (QED) is 0.706. The van der Waals surface area contributed by atoms with Gasteiger partial charge >= 0.3 is 5.97 Å². The van der Waals surface area contributed by atoms with Gasteiger partial charge in [-0.3, -0.25) is 4.79 Å². The molecule has 1 amide bonds. The fourth-order valence-electron chi connectivity index (χ4n) is 1.57. The highest BCUT2D eigenvalue weighted by molar-refractivity contribution is 5.85. The highest BCUT2D eigenvalue weighted by Gasteiger charge is 2.23. The number of carbonyl (C=O) groups excluding carboxylic acids is 1. The second kappa shape index (κ2) is 3.84. The van der Waals surface area contributed by atoms with Crippen LogP contribution < -0.4 is 10.1 Å². The van der Waals surface area contributed by atoms with Crippen molar-refractivity contribution in [1.82, 2.24) is 15.1 Å². The molecule has 0 saturated heterocycles. The summed E-state index contributed by atoms with van der Waals surface area (Å²) in [6, 6.07) is 1.19. The molecule has 2 N–H and O–H groups in total. The van der Waals surface area contributed by atoms with E-state index in [1.54, 1.807) is 0 Å². The van der Waals surface area contributed by atoms with E-state index in [1.165, 1.54) is 17.7 Å². The van der Waals surface area contributed by atoms with Gasteiger partial charge in [0.2, 0.25) is 11.8 Å². The molecule has 0 spiro atoms. The Balaban J connectivity index is 2.14. The predicted molar refractivity (Wildman–Crippen MR) is 52.3 cm³/mol. The van der Waals surface area contributed by atoms with E-state index in [1.807, 2.05) is 0 Å². The van der Waals surface area contributed by atoms with Gasteiger partial charge in [-0.2, -0.15) is 5.10 Å². The van der Waals surface area contributed by atoms with Crippen LogP contribution in [0.4, 0.5) is 0 Å². The molecule has 7 nitrogen and oxygen atoms in total. The fourth-order valence-corrected chi connectivity index (χ4v) is 1.57. The summed E-state index contributed by atoms with van der Waals surface area (Å²) < 4.78 is 6.73. The van der Waals surface area contributed by atoms with Crippen LogP contribution in [0.2, 0.25) is 0 Å². The number of carbonyl (C=O) groups is 2. The summed E-state index contributed by atoms with van der Waals surface area (Å²) in [4.78, 5) is 21.5. The van der Waals surface area contributed by atoms with E-state index in [2.05, 4.69) is 10.4 Å². The molecule has 0 fully saturated rings. The number of aromatic nitrogens is 2. The summed E-state index contributed by atoms with van der Waals surface area (Å²) in [5.74, 6) is -0.830. The number of amides is 1. The van der Waals surface area contributed by atoms with Crippen LogP contribution in [0.1, 0.15) is 17.4 Å². The fraction of sp³-hybridized carbons (Fsp3) is 0.444. The van der Waals surface area contributed by atoms with Crippen LogP contribution in [0.25, 0.3) is 0 Å². The van der Waals surface area contributed by atoms with Crippen molar-refractivity contribution >= 4 is 11.9 Å². The zero-order valence-electron chi connectivity index (χ0n) is 8.64. The number of carboxylic acids is 1. The number of nitrogens with one attached hydrogen (secondary N) is 1. The van der Waals surface area contributed by atoms with Crippen LogP contribution in [0, 0.1) is 0 Å². The monoisotopic (exact) mass is 225 g/mol. The molecule has 0 bridgehead atoms. The number of ether oxygens (including phenoxy) is 1. The maximum Gasteiger partial charge on any atom is 0.356 e. The van der Waals surface area contributed by atoms with Gasteiger partial charge in [-0.25, -0.2) is 9.48 Å². The summed E-state index contributed by atoms with van der Waals surface area (Å²) in [5, 5.41) is 15.3. The molecule has 2 rings (SSSR count). The number of hydrogen-bond donors (Lipinski definition) is 2. The lowest BCUT2D eigenvalue weighted by molar-refractivity contribution is -0.120. The van der Waals surface area contributed by atoms with Crippen LogP contribution in [0.3, 0.4) is 0 Å². The summed E-state index contributed by atoms with van der Waals surface area (Å²) in [6.07, 6.45) is 0. The van der Waals surface area contributed by atoms with Gasteiger partial charge in [0.05, 0.1) is 12.6 Å². The van der Waals surface area contributed by atoms with E-state index >= 15 is 0 Å². The van der Waals surface area contributed by atoms with Crippen molar-refractivity contribution in [3.63, 3.8) is 0 Å². The molecule has 0 aliphatic carbocycles. The molecule has 1 aromatic rings. The van der Waals surface area contributed by atoms with Crippen LogP contribution >= 0.6 is 0 Å². The Labute approximate surface area is 91.0 Å². The molecule has 0 aromatic carbocycles. The minimum absolute atomic E-state index is 0.0570. The number of carboxylic acid groups (broad SMARTS) is 1. The lowest BCUT2D eigenvalue weighted by Crippen LogP contribution is -2.43. The number of aromatic carboxylic acids is 1. The molecule has 86 valence electrons. The highest BCUT2D eigenvalue weighted by atomic mass is 16.5. The van der Waals surface area contributed by atoms with Crippen LogP contribution in [0.5, 0.6) is 5.88 Å². The minimum atomic E-state index is -1.10. The predicted octanol–water partition coefficient (Wildman–Crippen LogP) is -0.522. The van der Waals surface area contributed by atoms with Crippen molar-refractivity contribution in [2.24, 2.45) is 0 Å².